The van der Waals surface area contributed by atoms with E-state index in [2.05, 4.69) is 0 Å². The van der Waals surface area contributed by atoms with Crippen molar-refractivity contribution in [2.24, 2.45) is 5.41 Å². The van der Waals surface area contributed by atoms with Crippen molar-refractivity contribution in [3.63, 3.8) is 0 Å². The Kier molecular flexibility index (Phi) is 6.55. The fourth-order valence-electron chi connectivity index (χ4n) is 4.62. The fourth-order valence-corrected chi connectivity index (χ4v) is 6.33. The summed E-state index contributed by atoms with van der Waals surface area (Å²) in [5, 5.41) is -0.882. The topological polar surface area (TPSA) is 51.1 Å². The first-order chi connectivity index (χ1) is 16.2. The Bertz CT molecular complexity index is 1340. The summed E-state index contributed by atoms with van der Waals surface area (Å²) >= 11 is 0. The monoisotopic (exact) mass is 510 g/mol. The highest BCUT2D eigenvalue weighted by Gasteiger charge is 2.52. The zero-order chi connectivity index (χ0) is 25.8. The molecular formula is C26H30F4N2O2S. The van der Waals surface area contributed by atoms with Crippen molar-refractivity contribution >= 4 is 20.9 Å². The third kappa shape index (κ3) is 5.40. The van der Waals surface area contributed by atoms with Crippen molar-refractivity contribution in [3.8, 4) is 11.1 Å². The summed E-state index contributed by atoms with van der Waals surface area (Å²) in [4.78, 5) is 0. The van der Waals surface area contributed by atoms with Crippen LogP contribution in [0.5, 0.6) is 0 Å². The van der Waals surface area contributed by atoms with Gasteiger partial charge in [-0.25, -0.2) is 30.7 Å². The fraction of sp³-hybridized carbons (Fsp3) is 0.462. The summed E-state index contributed by atoms with van der Waals surface area (Å²) in [7, 11) is -4.36. The van der Waals surface area contributed by atoms with E-state index in [1.807, 2.05) is 73.4 Å². The summed E-state index contributed by atoms with van der Waals surface area (Å²) in [5.74, 6) is -3.07. The molecule has 0 saturated heterocycles. The smallest absolute Gasteiger partial charge is 0.258 e. The van der Waals surface area contributed by atoms with Gasteiger partial charge in [0, 0.05) is 42.0 Å². The van der Waals surface area contributed by atoms with Crippen LogP contribution in [0.15, 0.2) is 48.7 Å². The molecule has 0 bridgehead atoms. The van der Waals surface area contributed by atoms with Crippen LogP contribution in [0.25, 0.3) is 22.0 Å². The maximum atomic E-state index is 14.2. The number of benzene rings is 2. The molecular weight excluding hydrogens is 480 g/mol. The number of nitrogens with zero attached hydrogens (tertiary/aromatic N) is 1. The molecule has 35 heavy (non-hydrogen) atoms. The molecule has 0 aliphatic heterocycles. The van der Waals surface area contributed by atoms with Gasteiger partial charge in [0.05, 0.1) is 5.25 Å². The highest BCUT2D eigenvalue weighted by Crippen LogP contribution is 2.42. The molecule has 9 heteroatoms. The van der Waals surface area contributed by atoms with Gasteiger partial charge in [0.1, 0.15) is 6.04 Å². The van der Waals surface area contributed by atoms with Crippen LogP contribution in [0.1, 0.15) is 50.8 Å². The van der Waals surface area contributed by atoms with Gasteiger partial charge in [-0.2, -0.15) is 0 Å². The predicted octanol–water partition coefficient (Wildman–Crippen LogP) is 6.69. The Morgan fingerprint density at radius 3 is 2.34 bits per heavy atom. The zero-order valence-electron chi connectivity index (χ0n) is 20.2. The molecule has 190 valence electrons. The number of nitrogens with one attached hydrogen (secondary N) is 1. The van der Waals surface area contributed by atoms with Crippen LogP contribution in [0, 0.1) is 12.3 Å². The van der Waals surface area contributed by atoms with Crippen molar-refractivity contribution in [3.05, 3.63) is 59.8 Å². The molecule has 3 aromatic rings. The maximum Gasteiger partial charge on any atom is 0.258 e. The number of aryl methyl sites for hydroxylation is 1. The summed E-state index contributed by atoms with van der Waals surface area (Å²) in [6, 6.07) is 11.5. The van der Waals surface area contributed by atoms with E-state index in [-0.39, 0.29) is 11.0 Å². The first-order valence-electron chi connectivity index (χ1n) is 11.5. The number of hydrogen-bond donors (Lipinski definition) is 1. The highest BCUT2D eigenvalue weighted by molar-refractivity contribution is 7.90. The lowest BCUT2D eigenvalue weighted by Gasteiger charge is -2.35. The molecule has 1 aliphatic carbocycles. The average Bonchev–Trinajstić information content (AvgIpc) is 3.06. The van der Waals surface area contributed by atoms with Gasteiger partial charge < -0.3 is 4.57 Å². The second-order valence-electron chi connectivity index (χ2n) is 10.7. The number of sulfonamides is 1. The third-order valence-corrected chi connectivity index (χ3v) is 8.18. The van der Waals surface area contributed by atoms with Gasteiger partial charge in [0.15, 0.2) is 0 Å². The first-order valence-corrected chi connectivity index (χ1v) is 13.1. The molecule has 2 aromatic carbocycles. The van der Waals surface area contributed by atoms with E-state index in [0.29, 0.717) is 17.4 Å². The molecule has 0 unspecified atom stereocenters. The molecule has 1 aromatic heterocycles. The molecule has 0 spiro atoms. The number of rotatable bonds is 7. The molecule has 0 radical (unpaired) electrons. The van der Waals surface area contributed by atoms with E-state index in [9.17, 15) is 26.0 Å². The number of fused-ring (bicyclic) bond motifs is 1. The molecule has 1 N–H and O–H groups in total. The standard InChI is InChI=1S/C26H30F4N2O2S/c1-16-7-5-6-8-19(16)17-9-10-20-21(14-32(22(20)11-17)15-25(2,3)4)23(24(27)28)31-35(33,34)18-12-26(29,30)13-18/h5-11,14,18,23-24,31H,12-13,15H2,1-4H3/t23-/m0/s1. The maximum absolute atomic E-state index is 14.2. The van der Waals surface area contributed by atoms with E-state index in [4.69, 9.17) is 0 Å². The van der Waals surface area contributed by atoms with E-state index < -0.39 is 46.5 Å². The van der Waals surface area contributed by atoms with Gasteiger partial charge in [-0.3, -0.25) is 0 Å². The second-order valence-corrected chi connectivity index (χ2v) is 12.7. The quantitative estimate of drug-likeness (QED) is 0.360. The Hall–Kier alpha value is -2.39. The molecule has 4 rings (SSSR count). The van der Waals surface area contributed by atoms with E-state index in [1.165, 1.54) is 0 Å². The van der Waals surface area contributed by atoms with E-state index >= 15 is 0 Å². The van der Waals surface area contributed by atoms with Crippen LogP contribution in [-0.2, 0) is 16.6 Å². The summed E-state index contributed by atoms with van der Waals surface area (Å²) < 4.78 is 84.2. The van der Waals surface area contributed by atoms with Crippen molar-refractivity contribution in [2.75, 3.05) is 0 Å². The average molecular weight is 511 g/mol. The van der Waals surface area contributed by atoms with Crippen LogP contribution in [-0.4, -0.2) is 30.6 Å². The Morgan fingerprint density at radius 2 is 1.77 bits per heavy atom. The van der Waals surface area contributed by atoms with E-state index in [1.54, 1.807) is 12.3 Å². The Balaban J connectivity index is 1.80. The van der Waals surface area contributed by atoms with Crippen molar-refractivity contribution < 1.29 is 26.0 Å². The molecule has 0 amide bonds. The van der Waals surface area contributed by atoms with Crippen LogP contribution in [0.4, 0.5) is 17.6 Å². The van der Waals surface area contributed by atoms with Gasteiger partial charge in [0.2, 0.25) is 10.0 Å². The molecule has 1 saturated carbocycles. The van der Waals surface area contributed by atoms with Crippen LogP contribution >= 0.6 is 0 Å². The number of halogens is 4. The minimum Gasteiger partial charge on any atom is -0.347 e. The lowest BCUT2D eigenvalue weighted by molar-refractivity contribution is -0.0689. The lowest BCUT2D eigenvalue weighted by Crippen LogP contribution is -2.50. The molecule has 1 heterocycles. The molecule has 1 atom stereocenters. The van der Waals surface area contributed by atoms with E-state index in [0.717, 1.165) is 16.7 Å². The molecule has 4 nitrogen and oxygen atoms in total. The van der Waals surface area contributed by atoms with Crippen LogP contribution in [0.3, 0.4) is 0 Å². The lowest BCUT2D eigenvalue weighted by atomic mass is 9.94. The van der Waals surface area contributed by atoms with Gasteiger partial charge in [-0.1, -0.05) is 57.2 Å². The normalized spacial score (nSPS) is 17.6. The predicted molar refractivity (Wildman–Crippen MR) is 130 cm³/mol. The number of hydrogen-bond acceptors (Lipinski definition) is 2. The largest absolute Gasteiger partial charge is 0.347 e. The van der Waals surface area contributed by atoms with Crippen molar-refractivity contribution in [1.29, 1.82) is 0 Å². The third-order valence-electron chi connectivity index (χ3n) is 6.38. The minimum absolute atomic E-state index is 0.130. The first kappa shape index (κ1) is 25.7. The van der Waals surface area contributed by atoms with Gasteiger partial charge in [0.25, 0.3) is 12.3 Å². The molecule has 1 aliphatic rings. The SMILES string of the molecule is Cc1ccccc1-c1ccc2c([C@H](NS(=O)(=O)C3CC(F)(F)C3)C(F)F)cn(CC(C)(C)C)c2c1. The summed E-state index contributed by atoms with van der Waals surface area (Å²) in [5.41, 5.74) is 3.65. The summed E-state index contributed by atoms with van der Waals surface area (Å²) in [6.45, 7) is 8.57. The van der Waals surface area contributed by atoms with Crippen LogP contribution in [0.2, 0.25) is 0 Å². The van der Waals surface area contributed by atoms with Gasteiger partial charge >= 0.3 is 0 Å². The van der Waals surface area contributed by atoms with Crippen LogP contribution < -0.4 is 4.72 Å². The number of alkyl halides is 4. The van der Waals surface area contributed by atoms with Crippen molar-refractivity contribution in [1.82, 2.24) is 9.29 Å². The Morgan fingerprint density at radius 1 is 1.11 bits per heavy atom. The van der Waals surface area contributed by atoms with Crippen molar-refractivity contribution in [2.45, 2.75) is 70.7 Å². The number of aromatic nitrogens is 1. The van der Waals surface area contributed by atoms with Gasteiger partial charge in [-0.05, 0) is 35.1 Å². The second kappa shape index (κ2) is 8.92. The minimum atomic E-state index is -4.36. The summed E-state index contributed by atoms with van der Waals surface area (Å²) in [6.07, 6.45) is -3.21. The van der Waals surface area contributed by atoms with Gasteiger partial charge in [-0.15, -0.1) is 0 Å². The zero-order valence-corrected chi connectivity index (χ0v) is 21.0. The highest BCUT2D eigenvalue weighted by atomic mass is 32.2. The Labute approximate surface area is 203 Å². The molecule has 1 fully saturated rings.